The zero-order valence-corrected chi connectivity index (χ0v) is 17.6. The van der Waals surface area contributed by atoms with Crippen LogP contribution < -0.4 is 5.32 Å². The van der Waals surface area contributed by atoms with Crippen LogP contribution in [0.5, 0.6) is 0 Å². The summed E-state index contributed by atoms with van der Waals surface area (Å²) in [5.41, 5.74) is 1.20. The number of morpholine rings is 1. The molecular formula is C21H26F2N6O3. The third-order valence-electron chi connectivity index (χ3n) is 5.62. The minimum atomic E-state index is -2.98. The molecule has 3 heterocycles. The van der Waals surface area contributed by atoms with Crippen molar-refractivity contribution in [2.24, 2.45) is 0 Å². The van der Waals surface area contributed by atoms with Crippen molar-refractivity contribution in [1.82, 2.24) is 30.1 Å². The van der Waals surface area contributed by atoms with Crippen molar-refractivity contribution in [2.75, 3.05) is 39.4 Å². The highest BCUT2D eigenvalue weighted by Gasteiger charge is 2.47. The van der Waals surface area contributed by atoms with Gasteiger partial charge in [-0.25, -0.2) is 18.3 Å². The molecule has 1 aromatic carbocycles. The minimum absolute atomic E-state index is 0.0328. The summed E-state index contributed by atoms with van der Waals surface area (Å²) in [6, 6.07) is 8.32. The van der Waals surface area contributed by atoms with Gasteiger partial charge in [-0.2, -0.15) is 0 Å². The third kappa shape index (κ3) is 5.39. The number of nitrogens with zero attached hydrogens (tertiary/aromatic N) is 5. The van der Waals surface area contributed by atoms with Crippen LogP contribution in [0.1, 0.15) is 22.5 Å². The van der Waals surface area contributed by atoms with E-state index in [1.807, 2.05) is 30.3 Å². The summed E-state index contributed by atoms with van der Waals surface area (Å²) in [6.45, 7) is 1.60. The van der Waals surface area contributed by atoms with Gasteiger partial charge < -0.3 is 19.9 Å². The van der Waals surface area contributed by atoms with E-state index in [-0.39, 0.29) is 18.1 Å². The molecule has 2 aliphatic heterocycles. The van der Waals surface area contributed by atoms with E-state index in [1.54, 1.807) is 4.90 Å². The van der Waals surface area contributed by atoms with Crippen LogP contribution in [-0.4, -0.2) is 88.1 Å². The first kappa shape index (κ1) is 22.1. The molecule has 0 radical (unpaired) electrons. The number of rotatable bonds is 6. The molecule has 0 unspecified atom stereocenters. The smallest absolute Gasteiger partial charge is 0.317 e. The van der Waals surface area contributed by atoms with Crippen molar-refractivity contribution in [3.63, 3.8) is 0 Å². The van der Waals surface area contributed by atoms with E-state index in [0.29, 0.717) is 39.3 Å². The van der Waals surface area contributed by atoms with Crippen LogP contribution in [0.3, 0.4) is 0 Å². The molecule has 2 fully saturated rings. The molecule has 11 heteroatoms. The molecule has 1 atom stereocenters. The second kappa shape index (κ2) is 9.60. The monoisotopic (exact) mass is 448 g/mol. The van der Waals surface area contributed by atoms with Crippen molar-refractivity contribution in [1.29, 1.82) is 0 Å². The van der Waals surface area contributed by atoms with Crippen LogP contribution in [0.2, 0.25) is 0 Å². The maximum absolute atomic E-state index is 14.1. The van der Waals surface area contributed by atoms with Gasteiger partial charge in [-0.3, -0.25) is 4.79 Å². The lowest BCUT2D eigenvalue weighted by molar-refractivity contribution is 0.0145. The summed E-state index contributed by atoms with van der Waals surface area (Å²) in [5, 5.41) is 10.5. The Morgan fingerprint density at radius 2 is 1.94 bits per heavy atom. The lowest BCUT2D eigenvalue weighted by Gasteiger charge is -2.25. The number of halogens is 2. The van der Waals surface area contributed by atoms with E-state index in [1.165, 1.54) is 10.9 Å². The normalized spacial score (nSPS) is 20.4. The molecule has 1 N–H and O–H groups in total. The van der Waals surface area contributed by atoms with Gasteiger partial charge in [0.25, 0.3) is 11.8 Å². The number of nitrogens with one attached hydrogen (secondary N) is 1. The maximum atomic E-state index is 14.1. The van der Waals surface area contributed by atoms with Crippen LogP contribution in [0.25, 0.3) is 0 Å². The van der Waals surface area contributed by atoms with E-state index < -0.39 is 31.0 Å². The minimum Gasteiger partial charge on any atom is -0.378 e. The molecule has 2 aromatic rings. The largest absolute Gasteiger partial charge is 0.378 e. The number of ether oxygens (including phenoxy) is 1. The molecule has 0 bridgehead atoms. The van der Waals surface area contributed by atoms with Crippen molar-refractivity contribution in [3.05, 3.63) is 47.8 Å². The molecule has 1 aromatic heterocycles. The van der Waals surface area contributed by atoms with Crippen LogP contribution in [0, 0.1) is 0 Å². The Balaban J connectivity index is 1.35. The summed E-state index contributed by atoms with van der Waals surface area (Å²) in [7, 11) is 0. The zero-order chi connectivity index (χ0) is 22.6. The number of carbonyl (C=O) groups is 2. The topological polar surface area (TPSA) is 92.6 Å². The van der Waals surface area contributed by atoms with E-state index >= 15 is 0 Å². The standard InChI is InChI=1S/C21H26F2N6O3/c22-21(23)12-17(29(15-21)20(31)24-7-6-16-4-2-1-3-5-16)13-28-14-18(25-26-28)19(30)27-8-10-32-11-9-27/h1-5,14,17H,6-13,15H2,(H,24,31)/t17-/m0/s1. The summed E-state index contributed by atoms with van der Waals surface area (Å²) in [6.07, 6.45) is 1.59. The molecule has 0 spiro atoms. The van der Waals surface area contributed by atoms with Gasteiger partial charge >= 0.3 is 6.03 Å². The van der Waals surface area contributed by atoms with Gasteiger partial charge in [0, 0.05) is 26.1 Å². The van der Waals surface area contributed by atoms with Gasteiger partial charge in [-0.1, -0.05) is 35.5 Å². The number of likely N-dealkylation sites (tertiary alicyclic amines) is 1. The molecule has 4 rings (SSSR count). The van der Waals surface area contributed by atoms with Gasteiger partial charge in [0.1, 0.15) is 0 Å². The SMILES string of the molecule is O=C(c1cn(C[C@@H]2CC(F)(F)CN2C(=O)NCCc2ccccc2)nn1)N1CCOCC1. The van der Waals surface area contributed by atoms with Crippen LogP contribution >= 0.6 is 0 Å². The zero-order valence-electron chi connectivity index (χ0n) is 17.6. The van der Waals surface area contributed by atoms with Gasteiger partial charge in [-0.05, 0) is 12.0 Å². The van der Waals surface area contributed by atoms with Gasteiger partial charge in [0.05, 0.1) is 38.5 Å². The van der Waals surface area contributed by atoms with Crippen LogP contribution in [-0.2, 0) is 17.7 Å². The number of amides is 3. The molecule has 0 aliphatic carbocycles. The molecule has 9 nitrogen and oxygen atoms in total. The summed E-state index contributed by atoms with van der Waals surface area (Å²) < 4.78 is 34.9. The quantitative estimate of drug-likeness (QED) is 0.722. The van der Waals surface area contributed by atoms with Gasteiger partial charge in [0.2, 0.25) is 0 Å². The van der Waals surface area contributed by atoms with E-state index in [9.17, 15) is 18.4 Å². The van der Waals surface area contributed by atoms with Crippen molar-refractivity contribution >= 4 is 11.9 Å². The number of aromatic nitrogens is 3. The number of alkyl halides is 2. The van der Waals surface area contributed by atoms with E-state index in [4.69, 9.17) is 4.74 Å². The summed E-state index contributed by atoms with van der Waals surface area (Å²) in [4.78, 5) is 27.9. The molecule has 2 saturated heterocycles. The van der Waals surface area contributed by atoms with E-state index in [2.05, 4.69) is 15.6 Å². The highest BCUT2D eigenvalue weighted by atomic mass is 19.3. The predicted molar refractivity (Wildman–Crippen MR) is 110 cm³/mol. The molecule has 32 heavy (non-hydrogen) atoms. The highest BCUT2D eigenvalue weighted by Crippen LogP contribution is 2.32. The number of carbonyl (C=O) groups excluding carboxylic acids is 2. The second-order valence-corrected chi connectivity index (χ2v) is 8.04. The Bertz CT molecular complexity index is 933. The first-order valence-electron chi connectivity index (χ1n) is 10.6. The van der Waals surface area contributed by atoms with Crippen molar-refractivity contribution in [3.8, 4) is 0 Å². The fourth-order valence-electron chi connectivity index (χ4n) is 3.99. The number of hydrogen-bond donors (Lipinski definition) is 1. The average molecular weight is 448 g/mol. The molecule has 2 aliphatic rings. The molecule has 172 valence electrons. The van der Waals surface area contributed by atoms with Crippen molar-refractivity contribution < 1.29 is 23.1 Å². The Morgan fingerprint density at radius 1 is 1.19 bits per heavy atom. The maximum Gasteiger partial charge on any atom is 0.317 e. The number of benzene rings is 1. The molecular weight excluding hydrogens is 422 g/mol. The van der Waals surface area contributed by atoms with Gasteiger partial charge in [-0.15, -0.1) is 5.10 Å². The first-order chi connectivity index (χ1) is 15.4. The Kier molecular flexibility index (Phi) is 6.63. The fourth-order valence-corrected chi connectivity index (χ4v) is 3.99. The van der Waals surface area contributed by atoms with E-state index in [0.717, 1.165) is 10.5 Å². The predicted octanol–water partition coefficient (Wildman–Crippen LogP) is 1.41. The Morgan fingerprint density at radius 3 is 2.69 bits per heavy atom. The summed E-state index contributed by atoms with van der Waals surface area (Å²) in [5.74, 6) is -3.25. The fraction of sp³-hybridized carbons (Fsp3) is 0.524. The first-order valence-corrected chi connectivity index (χ1v) is 10.6. The van der Waals surface area contributed by atoms with Crippen LogP contribution in [0.4, 0.5) is 13.6 Å². The molecule has 0 saturated carbocycles. The summed E-state index contributed by atoms with van der Waals surface area (Å²) >= 11 is 0. The van der Waals surface area contributed by atoms with Crippen molar-refractivity contribution in [2.45, 2.75) is 31.4 Å². The number of urea groups is 1. The lowest BCUT2D eigenvalue weighted by Crippen LogP contribution is -2.45. The third-order valence-corrected chi connectivity index (χ3v) is 5.62. The Labute approximate surface area is 184 Å². The van der Waals surface area contributed by atoms with Gasteiger partial charge in [0.15, 0.2) is 5.69 Å². The van der Waals surface area contributed by atoms with Crippen LogP contribution in [0.15, 0.2) is 36.5 Å². The lowest BCUT2D eigenvalue weighted by atomic mass is 10.1. The second-order valence-electron chi connectivity index (χ2n) is 8.04. The molecule has 3 amide bonds. The Hall–Kier alpha value is -3.08. The average Bonchev–Trinajstić information content (AvgIpc) is 3.38. The number of hydrogen-bond acceptors (Lipinski definition) is 5. The highest BCUT2D eigenvalue weighted by molar-refractivity contribution is 5.92.